The molecule has 10 heteroatoms. The van der Waals surface area contributed by atoms with E-state index in [-0.39, 0.29) is 17.7 Å². The molecule has 4 atom stereocenters. The van der Waals surface area contributed by atoms with Crippen molar-refractivity contribution in [1.82, 2.24) is 20.9 Å². The second-order valence-electron chi connectivity index (χ2n) is 10.5. The monoisotopic (exact) mass is 544 g/mol. The number of benzene rings is 2. The number of H-pyrrole nitrogens is 1. The molecule has 0 saturated carbocycles. The molecular formula is C30H36N6O4. The van der Waals surface area contributed by atoms with Gasteiger partial charge in [0.15, 0.2) is 0 Å². The van der Waals surface area contributed by atoms with Crippen LogP contribution in [0.1, 0.15) is 43.6 Å². The number of fused-ring (bicyclic) bond motifs is 1. The molecule has 1 aromatic heterocycles. The summed E-state index contributed by atoms with van der Waals surface area (Å²) in [5.41, 5.74) is 1.78. The van der Waals surface area contributed by atoms with Crippen molar-refractivity contribution in [3.05, 3.63) is 60.3 Å². The maximum atomic E-state index is 13.7. The molecule has 210 valence electrons. The Morgan fingerprint density at radius 1 is 1.12 bits per heavy atom. The number of carbonyl (C=O) groups excluding carboxylic acids is 3. The van der Waals surface area contributed by atoms with Gasteiger partial charge in [-0.25, -0.2) is 0 Å². The zero-order valence-corrected chi connectivity index (χ0v) is 23.0. The number of methoxy groups -OCH3 is 1. The topological polar surface area (TPSA) is 148 Å². The molecule has 0 aliphatic carbocycles. The van der Waals surface area contributed by atoms with Crippen molar-refractivity contribution in [3.8, 4) is 11.8 Å². The lowest BCUT2D eigenvalue weighted by Gasteiger charge is -2.29. The van der Waals surface area contributed by atoms with Crippen LogP contribution in [0.2, 0.25) is 0 Å². The number of carbonyl (C=O) groups is 3. The van der Waals surface area contributed by atoms with E-state index in [1.165, 1.54) is 0 Å². The molecule has 1 aliphatic heterocycles. The van der Waals surface area contributed by atoms with Crippen LogP contribution in [-0.2, 0) is 9.59 Å². The van der Waals surface area contributed by atoms with Gasteiger partial charge in [-0.1, -0.05) is 38.1 Å². The number of rotatable bonds is 12. The average molecular weight is 545 g/mol. The first kappa shape index (κ1) is 28.5. The van der Waals surface area contributed by atoms with Gasteiger partial charge in [-0.15, -0.1) is 0 Å². The van der Waals surface area contributed by atoms with Crippen LogP contribution in [-0.4, -0.2) is 54.5 Å². The van der Waals surface area contributed by atoms with Gasteiger partial charge in [-0.05, 0) is 55.5 Å². The molecule has 40 heavy (non-hydrogen) atoms. The van der Waals surface area contributed by atoms with Gasteiger partial charge in [0.05, 0.1) is 19.2 Å². The normalized spacial score (nSPS) is 17.0. The molecular weight excluding hydrogens is 508 g/mol. The molecule has 4 rings (SSSR count). The number of nitrogens with zero attached hydrogens (tertiary/aromatic N) is 1. The predicted octanol–water partition coefficient (Wildman–Crippen LogP) is 3.34. The van der Waals surface area contributed by atoms with Crippen LogP contribution in [0.15, 0.2) is 54.6 Å². The minimum Gasteiger partial charge on any atom is -0.496 e. The molecule has 3 aromatic rings. The highest BCUT2D eigenvalue weighted by atomic mass is 16.5. The molecule has 0 spiro atoms. The summed E-state index contributed by atoms with van der Waals surface area (Å²) in [6.45, 7) is 4.50. The highest BCUT2D eigenvalue weighted by Crippen LogP contribution is 2.26. The second-order valence-corrected chi connectivity index (χ2v) is 10.5. The fourth-order valence-electron chi connectivity index (χ4n) is 5.04. The van der Waals surface area contributed by atoms with E-state index in [0.717, 1.165) is 16.6 Å². The summed E-state index contributed by atoms with van der Waals surface area (Å²) in [7, 11) is 1.57. The lowest BCUT2D eigenvalue weighted by atomic mass is 9.93. The summed E-state index contributed by atoms with van der Waals surface area (Å²) in [5, 5.41) is 22.7. The number of ether oxygens (including phenoxy) is 1. The van der Waals surface area contributed by atoms with Crippen molar-refractivity contribution in [3.63, 3.8) is 0 Å². The van der Waals surface area contributed by atoms with Crippen LogP contribution in [0.5, 0.6) is 5.75 Å². The predicted molar refractivity (Wildman–Crippen MR) is 153 cm³/mol. The van der Waals surface area contributed by atoms with Gasteiger partial charge in [0, 0.05) is 29.1 Å². The van der Waals surface area contributed by atoms with Crippen molar-refractivity contribution < 1.29 is 19.1 Å². The zero-order chi connectivity index (χ0) is 28.6. The van der Waals surface area contributed by atoms with Gasteiger partial charge in [-0.3, -0.25) is 14.4 Å². The van der Waals surface area contributed by atoms with Crippen LogP contribution in [0.4, 0.5) is 5.69 Å². The Kier molecular flexibility index (Phi) is 9.27. The molecule has 2 aromatic carbocycles. The highest BCUT2D eigenvalue weighted by Gasteiger charge is 2.34. The fourth-order valence-corrected chi connectivity index (χ4v) is 5.04. The highest BCUT2D eigenvalue weighted by molar-refractivity contribution is 6.01. The standard InChI is InChI=1S/C30H36N6O4/c1-18(2)14-24(36-30(39)25-16-21-22(34-25)10-7-11-27(21)40-3)29(38)35-23(15-19-12-13-32-28(19)37)26(17-31)33-20-8-5-4-6-9-20/h4-11,16,18-19,23-24,26,33-34H,12-15H2,1-3H3,(H,32,37)(H,35,38)(H,36,39). The van der Waals surface area contributed by atoms with E-state index in [9.17, 15) is 19.6 Å². The summed E-state index contributed by atoms with van der Waals surface area (Å²) in [6, 6.07) is 16.4. The first-order valence-electron chi connectivity index (χ1n) is 13.5. The summed E-state index contributed by atoms with van der Waals surface area (Å²) < 4.78 is 5.40. The average Bonchev–Trinajstić information content (AvgIpc) is 3.57. The molecule has 1 aliphatic rings. The quantitative estimate of drug-likeness (QED) is 0.236. The molecule has 0 radical (unpaired) electrons. The molecule has 3 amide bonds. The Morgan fingerprint density at radius 2 is 1.90 bits per heavy atom. The lowest BCUT2D eigenvalue weighted by molar-refractivity contribution is -0.126. The van der Waals surface area contributed by atoms with E-state index in [1.54, 1.807) is 13.2 Å². The summed E-state index contributed by atoms with van der Waals surface area (Å²) in [4.78, 5) is 42.4. The number of hydrogen-bond donors (Lipinski definition) is 5. The maximum absolute atomic E-state index is 13.7. The molecule has 0 bridgehead atoms. The van der Waals surface area contributed by atoms with Crippen molar-refractivity contribution >= 4 is 34.3 Å². The largest absolute Gasteiger partial charge is 0.496 e. The Hall–Kier alpha value is -4.52. The van der Waals surface area contributed by atoms with Crippen molar-refractivity contribution in [1.29, 1.82) is 5.26 Å². The van der Waals surface area contributed by atoms with Crippen molar-refractivity contribution in [2.75, 3.05) is 19.0 Å². The van der Waals surface area contributed by atoms with Crippen molar-refractivity contribution in [2.24, 2.45) is 11.8 Å². The molecule has 4 unspecified atom stereocenters. The Morgan fingerprint density at radius 3 is 2.55 bits per heavy atom. The molecule has 2 heterocycles. The Bertz CT molecular complexity index is 1380. The van der Waals surface area contributed by atoms with Crippen LogP contribution >= 0.6 is 0 Å². The SMILES string of the molecule is COc1cccc2[nH]c(C(=O)NC(CC(C)C)C(=O)NC(CC3CCNC3=O)C(C#N)Nc3ccccc3)cc12. The van der Waals surface area contributed by atoms with E-state index in [4.69, 9.17) is 4.74 Å². The van der Waals surface area contributed by atoms with E-state index in [0.29, 0.717) is 37.3 Å². The van der Waals surface area contributed by atoms with Crippen LogP contribution in [0.3, 0.4) is 0 Å². The lowest BCUT2D eigenvalue weighted by Crippen LogP contribution is -2.54. The van der Waals surface area contributed by atoms with E-state index < -0.39 is 29.9 Å². The van der Waals surface area contributed by atoms with Crippen LogP contribution in [0.25, 0.3) is 10.9 Å². The number of anilines is 1. The number of nitrogens with one attached hydrogen (secondary N) is 5. The minimum absolute atomic E-state index is 0.0862. The summed E-state index contributed by atoms with van der Waals surface area (Å²) >= 11 is 0. The molecule has 1 fully saturated rings. The first-order valence-corrected chi connectivity index (χ1v) is 13.5. The third-order valence-electron chi connectivity index (χ3n) is 7.08. The summed E-state index contributed by atoms with van der Waals surface area (Å²) in [6.07, 6.45) is 1.31. The maximum Gasteiger partial charge on any atom is 0.268 e. The van der Waals surface area contributed by atoms with Crippen LogP contribution in [0, 0.1) is 23.2 Å². The van der Waals surface area contributed by atoms with Crippen molar-refractivity contribution in [2.45, 2.75) is 51.2 Å². The van der Waals surface area contributed by atoms with Gasteiger partial charge < -0.3 is 31.0 Å². The number of nitriles is 1. The van der Waals surface area contributed by atoms with E-state index in [1.807, 2.05) is 62.4 Å². The van der Waals surface area contributed by atoms with Gasteiger partial charge in [0.2, 0.25) is 11.8 Å². The molecule has 10 nitrogen and oxygen atoms in total. The van der Waals surface area contributed by atoms with E-state index >= 15 is 0 Å². The third kappa shape index (κ3) is 6.91. The number of hydrogen-bond acceptors (Lipinski definition) is 6. The van der Waals surface area contributed by atoms with Gasteiger partial charge in [-0.2, -0.15) is 5.26 Å². The molecule has 1 saturated heterocycles. The number of para-hydroxylation sites is 1. The van der Waals surface area contributed by atoms with Gasteiger partial charge in [0.1, 0.15) is 23.5 Å². The number of amides is 3. The van der Waals surface area contributed by atoms with Crippen LogP contribution < -0.4 is 26.0 Å². The number of aromatic nitrogens is 1. The summed E-state index contributed by atoms with van der Waals surface area (Å²) in [5.74, 6) is -0.502. The second kappa shape index (κ2) is 13.0. The minimum atomic E-state index is -0.850. The molecule has 5 N–H and O–H groups in total. The Balaban J connectivity index is 1.54. The van der Waals surface area contributed by atoms with Gasteiger partial charge >= 0.3 is 0 Å². The number of aromatic amines is 1. The zero-order valence-electron chi connectivity index (χ0n) is 23.0. The Labute approximate surface area is 233 Å². The van der Waals surface area contributed by atoms with E-state index in [2.05, 4.69) is 32.3 Å². The first-order chi connectivity index (χ1) is 19.3. The smallest absolute Gasteiger partial charge is 0.268 e. The van der Waals surface area contributed by atoms with Gasteiger partial charge in [0.25, 0.3) is 5.91 Å². The fraction of sp³-hybridized carbons (Fsp3) is 0.400. The third-order valence-corrected chi connectivity index (χ3v) is 7.08.